The Morgan fingerprint density at radius 1 is 0.969 bits per heavy atom. The molecule has 0 aliphatic rings. The van der Waals surface area contributed by atoms with Crippen LogP contribution in [0.15, 0.2) is 47.4 Å². The predicted octanol–water partition coefficient (Wildman–Crippen LogP) is 2.42. The van der Waals surface area contributed by atoms with Crippen molar-refractivity contribution >= 4 is 21.9 Å². The molecule has 0 aliphatic heterocycles. The lowest BCUT2D eigenvalue weighted by molar-refractivity contribution is -0.141. The SMILES string of the molecule is COC(=O)CC(NC(=O)c1cccc(S(=O)(=O)NC(C)C)c1)c1ccc(OC)c(OC)c1. The van der Waals surface area contributed by atoms with E-state index in [1.807, 2.05) is 0 Å². The minimum Gasteiger partial charge on any atom is -0.493 e. The molecule has 2 aromatic rings. The Morgan fingerprint density at radius 2 is 1.66 bits per heavy atom. The van der Waals surface area contributed by atoms with E-state index in [1.165, 1.54) is 45.6 Å². The van der Waals surface area contributed by atoms with Gasteiger partial charge in [0.05, 0.1) is 38.7 Å². The Balaban J connectivity index is 2.35. The number of hydrogen-bond donors (Lipinski definition) is 2. The molecule has 0 saturated heterocycles. The van der Waals surface area contributed by atoms with Crippen LogP contribution in [0.4, 0.5) is 0 Å². The van der Waals surface area contributed by atoms with Crippen LogP contribution >= 0.6 is 0 Å². The Morgan fingerprint density at radius 3 is 2.25 bits per heavy atom. The van der Waals surface area contributed by atoms with E-state index < -0.39 is 27.9 Å². The highest BCUT2D eigenvalue weighted by Gasteiger charge is 2.23. The molecule has 0 bridgehead atoms. The van der Waals surface area contributed by atoms with Gasteiger partial charge in [-0.05, 0) is 49.7 Å². The number of rotatable bonds is 10. The van der Waals surface area contributed by atoms with Gasteiger partial charge in [0.2, 0.25) is 10.0 Å². The fourth-order valence-electron chi connectivity index (χ4n) is 3.00. The van der Waals surface area contributed by atoms with Crippen LogP contribution in [0.25, 0.3) is 0 Å². The summed E-state index contributed by atoms with van der Waals surface area (Å²) in [5.41, 5.74) is 0.721. The molecule has 10 heteroatoms. The van der Waals surface area contributed by atoms with Crippen LogP contribution in [0.3, 0.4) is 0 Å². The molecule has 2 aromatic carbocycles. The average Bonchev–Trinajstić information content (AvgIpc) is 2.77. The van der Waals surface area contributed by atoms with Gasteiger partial charge in [-0.25, -0.2) is 13.1 Å². The van der Waals surface area contributed by atoms with E-state index in [2.05, 4.69) is 10.0 Å². The monoisotopic (exact) mass is 464 g/mol. The molecular weight excluding hydrogens is 436 g/mol. The first-order valence-corrected chi connectivity index (χ1v) is 11.3. The minimum absolute atomic E-state index is 0.0329. The zero-order chi connectivity index (χ0) is 23.9. The van der Waals surface area contributed by atoms with Crippen molar-refractivity contribution in [2.75, 3.05) is 21.3 Å². The summed E-state index contributed by atoms with van der Waals surface area (Å²) in [5, 5.41) is 2.77. The Hall–Kier alpha value is -3.11. The molecule has 0 spiro atoms. The number of ether oxygens (including phenoxy) is 3. The third-order valence-corrected chi connectivity index (χ3v) is 6.17. The van der Waals surface area contributed by atoms with E-state index in [1.54, 1.807) is 32.0 Å². The van der Waals surface area contributed by atoms with Crippen molar-refractivity contribution in [3.05, 3.63) is 53.6 Å². The third-order valence-electron chi connectivity index (χ3n) is 4.51. The molecule has 0 fully saturated rings. The van der Waals surface area contributed by atoms with Crippen molar-refractivity contribution < 1.29 is 32.2 Å². The maximum Gasteiger partial charge on any atom is 0.307 e. The molecule has 1 unspecified atom stereocenters. The lowest BCUT2D eigenvalue weighted by Crippen LogP contribution is -2.32. The van der Waals surface area contributed by atoms with Crippen LogP contribution in [0, 0.1) is 0 Å². The van der Waals surface area contributed by atoms with Crippen molar-refractivity contribution in [1.29, 1.82) is 0 Å². The molecule has 9 nitrogen and oxygen atoms in total. The van der Waals surface area contributed by atoms with Crippen molar-refractivity contribution in [3.8, 4) is 11.5 Å². The summed E-state index contributed by atoms with van der Waals surface area (Å²) in [6.45, 7) is 3.41. The molecule has 2 rings (SSSR count). The summed E-state index contributed by atoms with van der Waals surface area (Å²) in [7, 11) is 0.465. The van der Waals surface area contributed by atoms with Crippen LogP contribution in [0.2, 0.25) is 0 Å². The first-order chi connectivity index (χ1) is 15.1. The second-order valence-electron chi connectivity index (χ2n) is 7.22. The van der Waals surface area contributed by atoms with E-state index in [0.717, 1.165) is 0 Å². The summed E-state index contributed by atoms with van der Waals surface area (Å²) in [6.07, 6.45) is -0.134. The molecule has 0 aliphatic carbocycles. The zero-order valence-corrected chi connectivity index (χ0v) is 19.5. The minimum atomic E-state index is -3.77. The van der Waals surface area contributed by atoms with Gasteiger partial charge in [0.15, 0.2) is 11.5 Å². The number of sulfonamides is 1. The maximum absolute atomic E-state index is 12.9. The highest BCUT2D eigenvalue weighted by atomic mass is 32.2. The number of carbonyl (C=O) groups excluding carboxylic acids is 2. The summed E-state index contributed by atoms with van der Waals surface area (Å²) in [5.74, 6) is -0.144. The number of methoxy groups -OCH3 is 3. The summed E-state index contributed by atoms with van der Waals surface area (Å²) in [6, 6.07) is 9.63. The van der Waals surface area contributed by atoms with Crippen molar-refractivity contribution in [2.24, 2.45) is 0 Å². The van der Waals surface area contributed by atoms with Crippen LogP contribution < -0.4 is 19.5 Å². The number of benzene rings is 2. The molecule has 0 aromatic heterocycles. The first kappa shape index (κ1) is 25.2. The zero-order valence-electron chi connectivity index (χ0n) is 18.7. The van der Waals surface area contributed by atoms with E-state index in [9.17, 15) is 18.0 Å². The number of hydrogen-bond acceptors (Lipinski definition) is 7. The quantitative estimate of drug-likeness (QED) is 0.518. The lowest BCUT2D eigenvalue weighted by atomic mass is 10.0. The van der Waals surface area contributed by atoms with E-state index in [-0.39, 0.29) is 22.9 Å². The van der Waals surface area contributed by atoms with Gasteiger partial charge >= 0.3 is 5.97 Å². The molecule has 174 valence electrons. The topological polar surface area (TPSA) is 120 Å². The van der Waals surface area contributed by atoms with Gasteiger partial charge < -0.3 is 19.5 Å². The molecule has 1 atom stereocenters. The molecule has 2 N–H and O–H groups in total. The van der Waals surface area contributed by atoms with Gasteiger partial charge in [-0.3, -0.25) is 9.59 Å². The van der Waals surface area contributed by atoms with Crippen LogP contribution in [-0.4, -0.2) is 47.7 Å². The van der Waals surface area contributed by atoms with Gasteiger partial charge in [-0.1, -0.05) is 12.1 Å². The Labute approximate surface area is 188 Å². The molecule has 1 amide bonds. The van der Waals surface area contributed by atoms with E-state index in [4.69, 9.17) is 14.2 Å². The van der Waals surface area contributed by atoms with Crippen LogP contribution in [0.5, 0.6) is 11.5 Å². The standard InChI is InChI=1S/C22H28N2O7S/c1-14(2)24-32(27,28)17-8-6-7-16(11-17)22(26)23-18(13-21(25)31-5)15-9-10-19(29-3)20(12-15)30-4/h6-12,14,18,24H,13H2,1-5H3,(H,23,26). The lowest BCUT2D eigenvalue weighted by Gasteiger charge is -2.20. The molecule has 0 saturated carbocycles. The van der Waals surface area contributed by atoms with Gasteiger partial charge in [0, 0.05) is 11.6 Å². The molecular formula is C22H28N2O7S. The normalized spacial score (nSPS) is 12.2. The molecule has 0 radical (unpaired) electrons. The van der Waals surface area contributed by atoms with Gasteiger partial charge in [0.1, 0.15) is 0 Å². The van der Waals surface area contributed by atoms with Gasteiger partial charge in [-0.2, -0.15) is 0 Å². The summed E-state index contributed by atoms with van der Waals surface area (Å²) in [4.78, 5) is 24.9. The highest BCUT2D eigenvalue weighted by molar-refractivity contribution is 7.89. The number of esters is 1. The fraction of sp³-hybridized carbons (Fsp3) is 0.364. The number of nitrogens with one attached hydrogen (secondary N) is 2. The average molecular weight is 465 g/mol. The third kappa shape index (κ3) is 6.44. The number of carbonyl (C=O) groups is 2. The van der Waals surface area contributed by atoms with E-state index >= 15 is 0 Å². The second kappa shape index (κ2) is 11.0. The summed E-state index contributed by atoms with van der Waals surface area (Å²) >= 11 is 0. The summed E-state index contributed by atoms with van der Waals surface area (Å²) < 4.78 is 42.7. The molecule has 0 heterocycles. The maximum atomic E-state index is 12.9. The second-order valence-corrected chi connectivity index (χ2v) is 8.94. The molecule has 32 heavy (non-hydrogen) atoms. The van der Waals surface area contributed by atoms with Crippen molar-refractivity contribution in [1.82, 2.24) is 10.0 Å². The van der Waals surface area contributed by atoms with E-state index in [0.29, 0.717) is 17.1 Å². The van der Waals surface area contributed by atoms with Gasteiger partial charge in [-0.15, -0.1) is 0 Å². The highest BCUT2D eigenvalue weighted by Crippen LogP contribution is 2.31. The Bertz CT molecular complexity index is 1070. The Kier molecular flexibility index (Phi) is 8.62. The van der Waals surface area contributed by atoms with Crippen LogP contribution in [-0.2, 0) is 19.6 Å². The number of amides is 1. The van der Waals surface area contributed by atoms with Crippen LogP contribution in [0.1, 0.15) is 42.2 Å². The van der Waals surface area contributed by atoms with Crippen molar-refractivity contribution in [3.63, 3.8) is 0 Å². The largest absolute Gasteiger partial charge is 0.493 e. The smallest absolute Gasteiger partial charge is 0.307 e. The van der Waals surface area contributed by atoms with Gasteiger partial charge in [0.25, 0.3) is 5.91 Å². The fourth-order valence-corrected chi connectivity index (χ4v) is 4.29. The first-order valence-electron chi connectivity index (χ1n) is 9.83. The predicted molar refractivity (Wildman–Crippen MR) is 118 cm³/mol. The van der Waals surface area contributed by atoms with Crippen molar-refractivity contribution in [2.45, 2.75) is 37.2 Å².